The summed E-state index contributed by atoms with van der Waals surface area (Å²) in [6.45, 7) is 3.13. The average molecular weight is 501 g/mol. The van der Waals surface area contributed by atoms with Crippen molar-refractivity contribution in [3.8, 4) is 11.3 Å². The molecule has 0 spiro atoms. The first-order valence-corrected chi connectivity index (χ1v) is 12.1. The molecule has 1 aromatic carbocycles. The van der Waals surface area contributed by atoms with Crippen LogP contribution in [0, 0.1) is 0 Å². The van der Waals surface area contributed by atoms with Crippen molar-refractivity contribution in [2.24, 2.45) is 0 Å². The molecule has 3 aromatic heterocycles. The van der Waals surface area contributed by atoms with E-state index in [2.05, 4.69) is 20.0 Å². The highest BCUT2D eigenvalue weighted by atomic mass is 16.5. The Hall–Kier alpha value is -4.38. The molecule has 1 fully saturated rings. The number of anilines is 1. The molecule has 0 atom stereocenters. The molecule has 4 heterocycles. The third kappa shape index (κ3) is 4.98. The molecule has 0 saturated carbocycles. The van der Waals surface area contributed by atoms with E-state index in [0.717, 1.165) is 5.56 Å². The van der Waals surface area contributed by atoms with Crippen LogP contribution in [-0.2, 0) is 4.74 Å². The van der Waals surface area contributed by atoms with Gasteiger partial charge in [0.25, 0.3) is 11.8 Å². The zero-order chi connectivity index (χ0) is 25.8. The molecule has 4 aromatic rings. The Morgan fingerprint density at radius 2 is 1.78 bits per heavy atom. The number of rotatable bonds is 7. The van der Waals surface area contributed by atoms with Crippen molar-refractivity contribution in [3.05, 3.63) is 72.4 Å². The highest BCUT2D eigenvalue weighted by Gasteiger charge is 2.29. The Balaban J connectivity index is 1.29. The Bertz CT molecular complexity index is 1380. The minimum absolute atomic E-state index is 0.115. The molecule has 0 aliphatic carbocycles. The summed E-state index contributed by atoms with van der Waals surface area (Å²) in [7, 11) is 3.30. The van der Waals surface area contributed by atoms with Gasteiger partial charge in [0.2, 0.25) is 0 Å². The number of hydrogen-bond acceptors (Lipinski definition) is 8. The molecule has 0 bridgehead atoms. The Labute approximate surface area is 214 Å². The number of piperazine rings is 1. The molecule has 1 aliphatic heterocycles. The lowest BCUT2D eigenvalue weighted by Crippen LogP contribution is -2.49. The molecular formula is C26H28N8O3. The number of benzene rings is 1. The van der Waals surface area contributed by atoms with Crippen LogP contribution in [0.4, 0.5) is 5.82 Å². The van der Waals surface area contributed by atoms with Crippen molar-refractivity contribution < 1.29 is 14.3 Å². The van der Waals surface area contributed by atoms with Crippen LogP contribution in [0.5, 0.6) is 0 Å². The summed E-state index contributed by atoms with van der Waals surface area (Å²) >= 11 is 0. The third-order valence-corrected chi connectivity index (χ3v) is 6.37. The molecule has 1 saturated heterocycles. The van der Waals surface area contributed by atoms with Gasteiger partial charge in [-0.05, 0) is 12.1 Å². The van der Waals surface area contributed by atoms with Crippen molar-refractivity contribution in [3.63, 3.8) is 0 Å². The van der Waals surface area contributed by atoms with Crippen molar-refractivity contribution in [2.45, 2.75) is 0 Å². The van der Waals surface area contributed by atoms with Crippen LogP contribution in [0.1, 0.15) is 21.0 Å². The molecule has 0 radical (unpaired) electrons. The van der Waals surface area contributed by atoms with Gasteiger partial charge in [0.15, 0.2) is 11.3 Å². The number of amides is 2. The highest BCUT2D eigenvalue weighted by Crippen LogP contribution is 2.25. The van der Waals surface area contributed by atoms with Gasteiger partial charge in [0.1, 0.15) is 17.2 Å². The van der Waals surface area contributed by atoms with Crippen molar-refractivity contribution >= 4 is 23.3 Å². The van der Waals surface area contributed by atoms with E-state index in [1.165, 1.54) is 6.20 Å². The van der Waals surface area contributed by atoms with E-state index < -0.39 is 0 Å². The first kappa shape index (κ1) is 24.3. The Kier molecular flexibility index (Phi) is 7.04. The van der Waals surface area contributed by atoms with Crippen molar-refractivity contribution in [1.29, 1.82) is 0 Å². The van der Waals surface area contributed by atoms with Gasteiger partial charge < -0.3 is 19.4 Å². The lowest BCUT2D eigenvalue weighted by molar-refractivity contribution is 0.0730. The standard InChI is InChI=1S/C26H28N8O3/c1-31(15-16-37-2)25(35)20-17-28-22(18-27-20)32-11-13-33(14-12-32)26(36)24-23(19-7-4-3-5-8-19)30-21-9-6-10-29-34(21)24/h3-10,17-18H,11-16H2,1-2H3. The van der Waals surface area contributed by atoms with Gasteiger partial charge in [-0.1, -0.05) is 30.3 Å². The maximum absolute atomic E-state index is 13.7. The monoisotopic (exact) mass is 500 g/mol. The predicted octanol–water partition coefficient (Wildman–Crippen LogP) is 1.87. The maximum atomic E-state index is 13.7. The summed E-state index contributed by atoms with van der Waals surface area (Å²) in [5.41, 5.74) is 2.85. The topological polar surface area (TPSA) is 109 Å². The molecule has 5 rings (SSSR count). The number of nitrogens with zero attached hydrogens (tertiary/aromatic N) is 8. The zero-order valence-electron chi connectivity index (χ0n) is 20.8. The second-order valence-electron chi connectivity index (χ2n) is 8.73. The van der Waals surface area contributed by atoms with E-state index in [0.29, 0.717) is 62.2 Å². The highest BCUT2D eigenvalue weighted by molar-refractivity contribution is 5.99. The normalized spacial score (nSPS) is 13.7. The van der Waals surface area contributed by atoms with E-state index >= 15 is 0 Å². The number of carbonyl (C=O) groups excluding carboxylic acids is 2. The molecule has 190 valence electrons. The smallest absolute Gasteiger partial charge is 0.275 e. The molecule has 2 amide bonds. The minimum atomic E-state index is -0.206. The molecule has 0 N–H and O–H groups in total. The van der Waals surface area contributed by atoms with E-state index in [4.69, 9.17) is 9.72 Å². The zero-order valence-corrected chi connectivity index (χ0v) is 20.8. The average Bonchev–Trinajstić information content (AvgIpc) is 3.35. The van der Waals surface area contributed by atoms with Crippen molar-refractivity contribution in [1.82, 2.24) is 34.4 Å². The second-order valence-corrected chi connectivity index (χ2v) is 8.73. The summed E-state index contributed by atoms with van der Waals surface area (Å²) < 4.78 is 6.64. The lowest BCUT2D eigenvalue weighted by atomic mass is 10.1. The number of ether oxygens (including phenoxy) is 1. The van der Waals surface area contributed by atoms with Crippen LogP contribution in [0.2, 0.25) is 0 Å². The molecule has 1 aliphatic rings. The summed E-state index contributed by atoms with van der Waals surface area (Å²) in [6, 6.07) is 13.3. The Morgan fingerprint density at radius 3 is 2.49 bits per heavy atom. The van der Waals surface area contributed by atoms with Crippen LogP contribution >= 0.6 is 0 Å². The molecule has 37 heavy (non-hydrogen) atoms. The number of carbonyl (C=O) groups is 2. The number of fused-ring (bicyclic) bond motifs is 1. The fourth-order valence-corrected chi connectivity index (χ4v) is 4.29. The largest absolute Gasteiger partial charge is 0.383 e. The van der Waals surface area contributed by atoms with Crippen LogP contribution in [0.3, 0.4) is 0 Å². The number of aromatic nitrogens is 5. The van der Waals surface area contributed by atoms with Gasteiger partial charge in [-0.3, -0.25) is 9.59 Å². The third-order valence-electron chi connectivity index (χ3n) is 6.37. The summed E-state index contributed by atoms with van der Waals surface area (Å²) in [5.74, 6) is 0.350. The number of hydrogen-bond donors (Lipinski definition) is 0. The van der Waals surface area contributed by atoms with Crippen LogP contribution in [0.25, 0.3) is 16.9 Å². The van der Waals surface area contributed by atoms with E-state index in [1.807, 2.05) is 47.4 Å². The van der Waals surface area contributed by atoms with Crippen LogP contribution < -0.4 is 4.90 Å². The van der Waals surface area contributed by atoms with Gasteiger partial charge in [0.05, 0.1) is 19.0 Å². The SMILES string of the molecule is COCCN(C)C(=O)c1cnc(N2CCN(C(=O)c3c(-c4ccccc4)nc4cccnn34)CC2)cn1. The summed E-state index contributed by atoms with van der Waals surface area (Å²) in [5, 5.41) is 4.40. The van der Waals surface area contributed by atoms with E-state index in [1.54, 1.807) is 36.0 Å². The van der Waals surface area contributed by atoms with Gasteiger partial charge in [-0.25, -0.2) is 19.5 Å². The first-order valence-electron chi connectivity index (χ1n) is 12.1. The minimum Gasteiger partial charge on any atom is -0.383 e. The summed E-state index contributed by atoms with van der Waals surface area (Å²) in [6.07, 6.45) is 4.76. The fourth-order valence-electron chi connectivity index (χ4n) is 4.29. The van der Waals surface area contributed by atoms with E-state index in [9.17, 15) is 9.59 Å². The molecule has 0 unspecified atom stereocenters. The predicted molar refractivity (Wildman–Crippen MR) is 137 cm³/mol. The Morgan fingerprint density at radius 1 is 1.00 bits per heavy atom. The van der Waals surface area contributed by atoms with Gasteiger partial charge in [-0.15, -0.1) is 0 Å². The number of imidazole rings is 1. The van der Waals surface area contributed by atoms with Gasteiger partial charge in [0, 0.05) is 58.6 Å². The van der Waals surface area contributed by atoms with Crippen molar-refractivity contribution in [2.75, 3.05) is 58.4 Å². The lowest BCUT2D eigenvalue weighted by Gasteiger charge is -2.35. The van der Waals surface area contributed by atoms with Crippen LogP contribution in [0.15, 0.2) is 61.1 Å². The maximum Gasteiger partial charge on any atom is 0.275 e. The molecular weight excluding hydrogens is 472 g/mol. The van der Waals surface area contributed by atoms with Gasteiger partial charge in [-0.2, -0.15) is 5.10 Å². The number of methoxy groups -OCH3 is 1. The second kappa shape index (κ2) is 10.7. The molecule has 11 heteroatoms. The quantitative estimate of drug-likeness (QED) is 0.378. The number of likely N-dealkylation sites (N-methyl/N-ethyl adjacent to an activating group) is 1. The van der Waals surface area contributed by atoms with Crippen LogP contribution in [-0.4, -0.2) is 99.7 Å². The summed E-state index contributed by atoms with van der Waals surface area (Å²) in [4.78, 5) is 45.1. The molecule has 11 nitrogen and oxygen atoms in total. The van der Waals surface area contributed by atoms with Gasteiger partial charge >= 0.3 is 0 Å². The fraction of sp³-hybridized carbons (Fsp3) is 0.308. The van der Waals surface area contributed by atoms with E-state index in [-0.39, 0.29) is 17.5 Å². The first-order chi connectivity index (χ1) is 18.1.